The van der Waals surface area contributed by atoms with Crippen LogP contribution in [-0.4, -0.2) is 49.3 Å². The van der Waals surface area contributed by atoms with Crippen LogP contribution >= 0.6 is 24.0 Å². The predicted molar refractivity (Wildman–Crippen MR) is 92.6 cm³/mol. The Balaban J connectivity index is 0.00000200. The number of hydrogen-bond donors (Lipinski definition) is 1. The molecule has 0 aliphatic carbocycles. The third kappa shape index (κ3) is 4.37. The molecule has 1 aliphatic rings. The van der Waals surface area contributed by atoms with Gasteiger partial charge >= 0.3 is 0 Å². The standard InChI is InChI=1S/C14H24N4O.HI/c1-15-14(16-9-13-5-4-7-17(13)2)18-8-6-12(10-18)11-19-3;/h4-5,7,12H,6,8-11H2,1-3H3,(H,15,16);1H. The molecule has 1 unspecified atom stereocenters. The summed E-state index contributed by atoms with van der Waals surface area (Å²) in [4.78, 5) is 6.69. The van der Waals surface area contributed by atoms with E-state index in [9.17, 15) is 0 Å². The number of likely N-dealkylation sites (tertiary alicyclic amines) is 1. The molecule has 1 aliphatic heterocycles. The quantitative estimate of drug-likeness (QED) is 0.482. The van der Waals surface area contributed by atoms with E-state index in [1.807, 2.05) is 7.05 Å². The lowest BCUT2D eigenvalue weighted by Crippen LogP contribution is -2.40. The maximum Gasteiger partial charge on any atom is 0.193 e. The summed E-state index contributed by atoms with van der Waals surface area (Å²) in [6.45, 7) is 3.73. The monoisotopic (exact) mass is 392 g/mol. The Hall–Kier alpha value is -0.760. The molecule has 1 aromatic rings. The normalized spacial score (nSPS) is 19.1. The molecule has 0 spiro atoms. The van der Waals surface area contributed by atoms with E-state index in [0.29, 0.717) is 5.92 Å². The Morgan fingerprint density at radius 2 is 2.35 bits per heavy atom. The second-order valence-corrected chi connectivity index (χ2v) is 5.07. The molecule has 0 aromatic carbocycles. The molecule has 2 heterocycles. The Kier molecular flexibility index (Phi) is 7.36. The molecule has 1 aromatic heterocycles. The van der Waals surface area contributed by atoms with Gasteiger partial charge in [-0.2, -0.15) is 0 Å². The third-order valence-electron chi connectivity index (χ3n) is 3.68. The Morgan fingerprint density at radius 1 is 1.55 bits per heavy atom. The summed E-state index contributed by atoms with van der Waals surface area (Å²) in [5, 5.41) is 3.43. The summed E-state index contributed by atoms with van der Waals surface area (Å²) in [5.74, 6) is 1.61. The van der Waals surface area contributed by atoms with Crippen LogP contribution in [-0.2, 0) is 18.3 Å². The van der Waals surface area contributed by atoms with E-state index in [0.717, 1.165) is 32.2 Å². The van der Waals surface area contributed by atoms with Gasteiger partial charge in [-0.25, -0.2) is 0 Å². The number of ether oxygens (including phenoxy) is 1. The van der Waals surface area contributed by atoms with Crippen molar-refractivity contribution in [2.75, 3.05) is 33.9 Å². The second-order valence-electron chi connectivity index (χ2n) is 5.07. The average Bonchev–Trinajstić information content (AvgIpc) is 3.01. The summed E-state index contributed by atoms with van der Waals surface area (Å²) in [6, 6.07) is 4.18. The van der Waals surface area contributed by atoms with Gasteiger partial charge in [0.25, 0.3) is 0 Å². The van der Waals surface area contributed by atoms with E-state index < -0.39 is 0 Å². The van der Waals surface area contributed by atoms with Gasteiger partial charge in [0.1, 0.15) is 0 Å². The van der Waals surface area contributed by atoms with E-state index in [2.05, 4.69) is 45.2 Å². The largest absolute Gasteiger partial charge is 0.384 e. The lowest BCUT2D eigenvalue weighted by molar-refractivity contribution is 0.157. The number of hydrogen-bond acceptors (Lipinski definition) is 2. The zero-order valence-electron chi connectivity index (χ0n) is 12.5. The summed E-state index contributed by atoms with van der Waals surface area (Å²) in [6.07, 6.45) is 3.24. The minimum atomic E-state index is 0. The maximum atomic E-state index is 5.23. The first-order chi connectivity index (χ1) is 9.24. The van der Waals surface area contributed by atoms with Crippen LogP contribution in [0.3, 0.4) is 0 Å². The summed E-state index contributed by atoms with van der Waals surface area (Å²) >= 11 is 0. The first-order valence-corrected chi connectivity index (χ1v) is 6.79. The van der Waals surface area contributed by atoms with Gasteiger partial charge in [0.15, 0.2) is 5.96 Å². The van der Waals surface area contributed by atoms with Crippen molar-refractivity contribution in [2.45, 2.75) is 13.0 Å². The van der Waals surface area contributed by atoms with Crippen LogP contribution in [0.1, 0.15) is 12.1 Å². The fourth-order valence-corrected chi connectivity index (χ4v) is 2.58. The first kappa shape index (κ1) is 17.3. The molecule has 1 fully saturated rings. The molecule has 0 saturated carbocycles. The number of rotatable bonds is 4. The van der Waals surface area contributed by atoms with E-state index in [1.165, 1.54) is 12.1 Å². The van der Waals surface area contributed by atoms with Crippen molar-refractivity contribution in [1.29, 1.82) is 0 Å². The summed E-state index contributed by atoms with van der Waals surface area (Å²) < 4.78 is 7.35. The number of halogens is 1. The number of methoxy groups -OCH3 is 1. The zero-order valence-corrected chi connectivity index (χ0v) is 14.8. The van der Waals surface area contributed by atoms with Gasteiger partial charge in [0, 0.05) is 52.1 Å². The van der Waals surface area contributed by atoms with Crippen LogP contribution in [0.2, 0.25) is 0 Å². The third-order valence-corrected chi connectivity index (χ3v) is 3.68. The Labute approximate surface area is 138 Å². The van der Waals surface area contributed by atoms with E-state index in [-0.39, 0.29) is 24.0 Å². The van der Waals surface area contributed by atoms with Gasteiger partial charge in [-0.1, -0.05) is 0 Å². The van der Waals surface area contributed by atoms with E-state index in [1.54, 1.807) is 7.11 Å². The molecule has 1 N–H and O–H groups in total. The van der Waals surface area contributed by atoms with Gasteiger partial charge in [0.2, 0.25) is 0 Å². The number of aryl methyl sites for hydroxylation is 1. The van der Waals surface area contributed by atoms with Crippen LogP contribution in [0.25, 0.3) is 0 Å². The van der Waals surface area contributed by atoms with Gasteiger partial charge in [-0.05, 0) is 18.6 Å². The molecule has 114 valence electrons. The number of nitrogens with one attached hydrogen (secondary N) is 1. The Morgan fingerprint density at radius 3 is 2.95 bits per heavy atom. The Bertz CT molecular complexity index is 433. The molecular weight excluding hydrogens is 367 g/mol. The lowest BCUT2D eigenvalue weighted by atomic mass is 10.1. The lowest BCUT2D eigenvalue weighted by Gasteiger charge is -2.21. The first-order valence-electron chi connectivity index (χ1n) is 6.79. The van der Waals surface area contributed by atoms with Crippen molar-refractivity contribution in [1.82, 2.24) is 14.8 Å². The van der Waals surface area contributed by atoms with Crippen molar-refractivity contribution in [3.05, 3.63) is 24.0 Å². The van der Waals surface area contributed by atoms with Crippen LogP contribution in [0.5, 0.6) is 0 Å². The van der Waals surface area contributed by atoms with Gasteiger partial charge < -0.3 is 19.5 Å². The van der Waals surface area contributed by atoms with Gasteiger partial charge in [-0.3, -0.25) is 4.99 Å². The van der Waals surface area contributed by atoms with Crippen molar-refractivity contribution in [3.8, 4) is 0 Å². The van der Waals surface area contributed by atoms with Crippen molar-refractivity contribution in [2.24, 2.45) is 18.0 Å². The van der Waals surface area contributed by atoms with Gasteiger partial charge in [-0.15, -0.1) is 24.0 Å². The van der Waals surface area contributed by atoms with Crippen LogP contribution < -0.4 is 5.32 Å². The highest BCUT2D eigenvalue weighted by Gasteiger charge is 2.24. The van der Waals surface area contributed by atoms with Crippen molar-refractivity contribution < 1.29 is 4.74 Å². The number of nitrogens with zero attached hydrogens (tertiary/aromatic N) is 3. The average molecular weight is 392 g/mol. The fraction of sp³-hybridized carbons (Fsp3) is 0.643. The second kappa shape index (κ2) is 8.51. The molecule has 0 bridgehead atoms. The highest BCUT2D eigenvalue weighted by atomic mass is 127. The number of aliphatic imine (C=N–C) groups is 1. The molecule has 1 atom stereocenters. The molecular formula is C14H25IN4O. The minimum Gasteiger partial charge on any atom is -0.384 e. The summed E-state index contributed by atoms with van der Waals surface area (Å²) in [7, 11) is 5.67. The summed E-state index contributed by atoms with van der Waals surface area (Å²) in [5.41, 5.74) is 1.26. The van der Waals surface area contributed by atoms with Crippen molar-refractivity contribution in [3.63, 3.8) is 0 Å². The molecule has 0 radical (unpaired) electrons. The van der Waals surface area contributed by atoms with Crippen molar-refractivity contribution >= 4 is 29.9 Å². The van der Waals surface area contributed by atoms with Crippen LogP contribution in [0, 0.1) is 5.92 Å². The molecule has 1 saturated heterocycles. The number of aromatic nitrogens is 1. The number of guanidine groups is 1. The molecule has 2 rings (SSSR count). The van der Waals surface area contributed by atoms with Crippen LogP contribution in [0.4, 0.5) is 0 Å². The molecule has 20 heavy (non-hydrogen) atoms. The molecule has 6 heteroatoms. The highest BCUT2D eigenvalue weighted by Crippen LogP contribution is 2.16. The minimum absolute atomic E-state index is 0. The zero-order chi connectivity index (χ0) is 13.7. The highest BCUT2D eigenvalue weighted by molar-refractivity contribution is 14.0. The fourth-order valence-electron chi connectivity index (χ4n) is 2.58. The topological polar surface area (TPSA) is 41.8 Å². The maximum absolute atomic E-state index is 5.23. The van der Waals surface area contributed by atoms with Gasteiger partial charge in [0.05, 0.1) is 13.2 Å². The molecule has 5 nitrogen and oxygen atoms in total. The predicted octanol–water partition coefficient (Wildman–Crippen LogP) is 1.69. The molecule has 0 amide bonds. The smallest absolute Gasteiger partial charge is 0.193 e. The van der Waals surface area contributed by atoms with E-state index in [4.69, 9.17) is 4.74 Å². The van der Waals surface area contributed by atoms with Crippen LogP contribution in [0.15, 0.2) is 23.3 Å². The van der Waals surface area contributed by atoms with E-state index >= 15 is 0 Å². The SMILES string of the molecule is CN=C(NCc1cccn1C)N1CCC(COC)C1.I.